The fourth-order valence-electron chi connectivity index (χ4n) is 3.63. The van der Waals surface area contributed by atoms with Crippen molar-refractivity contribution in [3.63, 3.8) is 0 Å². The largest absolute Gasteiger partial charge is 0.487 e. The Bertz CT molecular complexity index is 719. The molecule has 7 heteroatoms. The van der Waals surface area contributed by atoms with E-state index in [1.807, 2.05) is 18.7 Å². The Balaban J connectivity index is 1.99. The molecular weight excluding hydrogens is 328 g/mol. The number of nitrogens with zero attached hydrogens (tertiary/aromatic N) is 2. The van der Waals surface area contributed by atoms with Crippen molar-refractivity contribution in [2.45, 2.75) is 50.2 Å². The minimum absolute atomic E-state index is 0.109. The zero-order valence-corrected chi connectivity index (χ0v) is 15.0. The number of hydrogen-bond donors (Lipinski definition) is 0. The van der Waals surface area contributed by atoms with Crippen LogP contribution in [-0.2, 0) is 14.8 Å². The van der Waals surface area contributed by atoms with E-state index in [0.717, 1.165) is 0 Å². The molecule has 2 atom stereocenters. The van der Waals surface area contributed by atoms with E-state index in [1.54, 1.807) is 28.6 Å². The molecule has 1 amide bonds. The fraction of sp³-hybridized carbons (Fsp3) is 0.588. The van der Waals surface area contributed by atoms with Crippen molar-refractivity contribution in [3.05, 3.63) is 24.3 Å². The van der Waals surface area contributed by atoms with Gasteiger partial charge in [0.2, 0.25) is 15.9 Å². The third kappa shape index (κ3) is 2.91. The van der Waals surface area contributed by atoms with Crippen molar-refractivity contribution in [3.8, 4) is 5.75 Å². The van der Waals surface area contributed by atoms with Gasteiger partial charge in [0.05, 0.1) is 6.04 Å². The van der Waals surface area contributed by atoms with Crippen LogP contribution < -0.4 is 4.74 Å². The van der Waals surface area contributed by atoms with Crippen LogP contribution in [0, 0.1) is 0 Å². The summed E-state index contributed by atoms with van der Waals surface area (Å²) in [5, 5.41) is 0. The highest BCUT2D eigenvalue weighted by atomic mass is 32.2. The lowest BCUT2D eigenvalue weighted by Gasteiger charge is -2.30. The van der Waals surface area contributed by atoms with Crippen LogP contribution in [0.5, 0.6) is 5.75 Å². The van der Waals surface area contributed by atoms with Crippen LogP contribution in [0.2, 0.25) is 0 Å². The molecule has 1 fully saturated rings. The fourth-order valence-corrected chi connectivity index (χ4v) is 5.45. The minimum Gasteiger partial charge on any atom is -0.487 e. The summed E-state index contributed by atoms with van der Waals surface area (Å²) in [4.78, 5) is 14.1. The molecule has 0 bridgehead atoms. The van der Waals surface area contributed by atoms with Gasteiger partial charge in [-0.2, -0.15) is 4.31 Å². The number of carbonyl (C=O) groups excluding carboxylic acids is 1. The molecule has 6 nitrogen and oxygen atoms in total. The summed E-state index contributed by atoms with van der Waals surface area (Å²) in [7, 11) is -3.59. The monoisotopic (exact) mass is 352 g/mol. The van der Waals surface area contributed by atoms with Gasteiger partial charge >= 0.3 is 0 Å². The van der Waals surface area contributed by atoms with E-state index >= 15 is 0 Å². The highest BCUT2D eigenvalue weighted by molar-refractivity contribution is 7.89. The molecule has 24 heavy (non-hydrogen) atoms. The molecule has 0 unspecified atom stereocenters. The lowest BCUT2D eigenvalue weighted by atomic mass is 10.1. The van der Waals surface area contributed by atoms with Crippen LogP contribution in [-0.4, -0.2) is 55.3 Å². The number of para-hydroxylation sites is 1. The molecule has 0 radical (unpaired) electrons. The van der Waals surface area contributed by atoms with Crippen LogP contribution in [0.3, 0.4) is 0 Å². The second-order valence-electron chi connectivity index (χ2n) is 6.19. The number of likely N-dealkylation sites (N-methyl/N-ethyl adjacent to an activating group) is 1. The van der Waals surface area contributed by atoms with Crippen molar-refractivity contribution in [2.75, 3.05) is 19.6 Å². The molecule has 2 heterocycles. The van der Waals surface area contributed by atoms with Crippen molar-refractivity contribution >= 4 is 15.9 Å². The molecule has 2 aliphatic rings. The van der Waals surface area contributed by atoms with Gasteiger partial charge in [-0.15, -0.1) is 0 Å². The summed E-state index contributed by atoms with van der Waals surface area (Å²) in [6.45, 7) is 5.26. The summed E-state index contributed by atoms with van der Waals surface area (Å²) in [6, 6.07) is 6.57. The molecule has 0 saturated carbocycles. The molecule has 2 aliphatic heterocycles. The van der Waals surface area contributed by atoms with Crippen LogP contribution in [0.4, 0.5) is 0 Å². The number of carbonyl (C=O) groups is 1. The maximum absolute atomic E-state index is 13.1. The van der Waals surface area contributed by atoms with E-state index in [4.69, 9.17) is 4.74 Å². The second kappa shape index (κ2) is 6.72. The average Bonchev–Trinajstić information content (AvgIpc) is 2.82. The van der Waals surface area contributed by atoms with E-state index in [2.05, 4.69) is 0 Å². The molecule has 132 valence electrons. The van der Waals surface area contributed by atoms with Crippen molar-refractivity contribution in [2.24, 2.45) is 0 Å². The van der Waals surface area contributed by atoms with E-state index in [9.17, 15) is 13.2 Å². The quantitative estimate of drug-likeness (QED) is 0.815. The van der Waals surface area contributed by atoms with Crippen LogP contribution in [0.15, 0.2) is 29.2 Å². The highest BCUT2D eigenvalue weighted by Gasteiger charge is 2.42. The first kappa shape index (κ1) is 17.2. The summed E-state index contributed by atoms with van der Waals surface area (Å²) >= 11 is 0. The summed E-state index contributed by atoms with van der Waals surface area (Å²) in [6.07, 6.45) is 1.46. The van der Waals surface area contributed by atoms with E-state index in [0.29, 0.717) is 44.6 Å². The van der Waals surface area contributed by atoms with Gasteiger partial charge in [-0.25, -0.2) is 8.42 Å². The Morgan fingerprint density at radius 3 is 2.62 bits per heavy atom. The van der Waals surface area contributed by atoms with Crippen molar-refractivity contribution in [1.29, 1.82) is 0 Å². The molecular formula is C17H24N2O4S. The first-order valence-corrected chi connectivity index (χ1v) is 9.98. The third-order valence-electron chi connectivity index (χ3n) is 4.86. The molecule has 0 spiro atoms. The predicted molar refractivity (Wildman–Crippen MR) is 90.3 cm³/mol. The topological polar surface area (TPSA) is 66.9 Å². The molecule has 1 aromatic rings. The van der Waals surface area contributed by atoms with Crippen LogP contribution >= 0.6 is 0 Å². The van der Waals surface area contributed by atoms with Gasteiger partial charge in [-0.3, -0.25) is 4.79 Å². The van der Waals surface area contributed by atoms with Gasteiger partial charge in [0.25, 0.3) is 0 Å². The number of benzene rings is 1. The standard InChI is InChI=1S/C17H24N2O4S/c1-3-17(20)18-11-9-13-14(10-12-18)23-15-7-5-6-8-16(15)24(21,22)19(13)4-2/h5-8,13-14H,3-4,9-12H2,1-2H3/t13-,14-/m0/s1. The molecule has 0 aromatic heterocycles. The number of ether oxygens (including phenoxy) is 1. The Kier molecular flexibility index (Phi) is 4.83. The highest BCUT2D eigenvalue weighted by Crippen LogP contribution is 2.36. The summed E-state index contributed by atoms with van der Waals surface area (Å²) in [5.74, 6) is 0.525. The number of rotatable bonds is 2. The molecule has 1 saturated heterocycles. The van der Waals surface area contributed by atoms with Crippen LogP contribution in [0.1, 0.15) is 33.1 Å². The maximum atomic E-state index is 13.1. The SMILES string of the molecule is CCC(=O)N1CC[C@@H]2Oc3ccccc3S(=O)(=O)N(CC)[C@H]2CC1. The van der Waals surface area contributed by atoms with E-state index in [-0.39, 0.29) is 22.9 Å². The first-order chi connectivity index (χ1) is 11.5. The minimum atomic E-state index is -3.59. The van der Waals surface area contributed by atoms with Gasteiger partial charge in [-0.1, -0.05) is 26.0 Å². The molecule has 3 rings (SSSR count). The van der Waals surface area contributed by atoms with Crippen molar-refractivity contribution < 1.29 is 17.9 Å². The second-order valence-corrected chi connectivity index (χ2v) is 8.05. The van der Waals surface area contributed by atoms with Gasteiger partial charge < -0.3 is 9.64 Å². The van der Waals surface area contributed by atoms with Gasteiger partial charge in [0, 0.05) is 32.5 Å². The van der Waals surface area contributed by atoms with Crippen LogP contribution in [0.25, 0.3) is 0 Å². The van der Waals surface area contributed by atoms with Gasteiger partial charge in [-0.05, 0) is 18.6 Å². The molecule has 0 aliphatic carbocycles. The summed E-state index contributed by atoms with van der Waals surface area (Å²) < 4.78 is 33.8. The lowest BCUT2D eigenvalue weighted by molar-refractivity contribution is -0.130. The van der Waals surface area contributed by atoms with Crippen molar-refractivity contribution in [1.82, 2.24) is 9.21 Å². The zero-order valence-electron chi connectivity index (χ0n) is 14.1. The van der Waals surface area contributed by atoms with E-state index in [1.165, 1.54) is 0 Å². The number of fused-ring (bicyclic) bond motifs is 2. The zero-order chi connectivity index (χ0) is 17.3. The lowest BCUT2D eigenvalue weighted by Crippen LogP contribution is -2.47. The maximum Gasteiger partial charge on any atom is 0.247 e. The predicted octanol–water partition coefficient (Wildman–Crippen LogP) is 1.86. The summed E-state index contributed by atoms with van der Waals surface area (Å²) in [5.41, 5.74) is 0. The normalized spacial score (nSPS) is 26.5. The Morgan fingerprint density at radius 1 is 1.21 bits per heavy atom. The Hall–Kier alpha value is -1.60. The third-order valence-corrected chi connectivity index (χ3v) is 6.90. The average molecular weight is 352 g/mol. The number of sulfonamides is 1. The van der Waals surface area contributed by atoms with Gasteiger partial charge in [0.1, 0.15) is 16.7 Å². The van der Waals surface area contributed by atoms with E-state index < -0.39 is 10.0 Å². The Labute approximate surface area is 143 Å². The molecule has 1 aromatic carbocycles. The number of amides is 1. The number of hydrogen-bond acceptors (Lipinski definition) is 4. The molecule has 0 N–H and O–H groups in total. The van der Waals surface area contributed by atoms with Gasteiger partial charge in [0.15, 0.2) is 0 Å². The smallest absolute Gasteiger partial charge is 0.247 e. The Morgan fingerprint density at radius 2 is 1.92 bits per heavy atom. The number of likely N-dealkylation sites (tertiary alicyclic amines) is 1. The first-order valence-electron chi connectivity index (χ1n) is 8.54.